The van der Waals surface area contributed by atoms with Crippen LogP contribution in [-0.2, 0) is 4.74 Å². The van der Waals surface area contributed by atoms with E-state index >= 15 is 0 Å². The van der Waals surface area contributed by atoms with Crippen molar-refractivity contribution in [1.29, 1.82) is 0 Å². The number of hydrogen-bond acceptors (Lipinski definition) is 3. The van der Waals surface area contributed by atoms with Crippen molar-refractivity contribution in [2.75, 3.05) is 26.9 Å². The molecule has 0 aliphatic rings. The molecule has 0 atom stereocenters. The van der Waals surface area contributed by atoms with Crippen LogP contribution in [0.5, 0.6) is 5.75 Å². The number of methoxy groups -OCH3 is 1. The SMILES string of the molecule is COCCOc1cc(C#CCCO)ccc1F. The van der Waals surface area contributed by atoms with Gasteiger partial charge in [0.15, 0.2) is 11.6 Å². The molecule has 4 heteroatoms. The largest absolute Gasteiger partial charge is 0.488 e. The van der Waals surface area contributed by atoms with Crippen molar-refractivity contribution < 1.29 is 19.0 Å². The fourth-order valence-electron chi connectivity index (χ4n) is 1.15. The summed E-state index contributed by atoms with van der Waals surface area (Å²) in [5, 5.41) is 8.59. The molecule has 1 rings (SSSR count). The zero-order valence-electron chi connectivity index (χ0n) is 9.70. The van der Waals surface area contributed by atoms with Gasteiger partial charge in [-0.05, 0) is 18.2 Å². The topological polar surface area (TPSA) is 38.7 Å². The van der Waals surface area contributed by atoms with Gasteiger partial charge in [0.25, 0.3) is 0 Å². The Morgan fingerprint density at radius 1 is 1.35 bits per heavy atom. The molecule has 0 bridgehead atoms. The second-order valence-electron chi connectivity index (χ2n) is 3.26. The molecule has 0 amide bonds. The highest BCUT2D eigenvalue weighted by Crippen LogP contribution is 2.18. The number of halogens is 1. The van der Waals surface area contributed by atoms with Crippen molar-refractivity contribution in [1.82, 2.24) is 0 Å². The molecule has 92 valence electrons. The van der Waals surface area contributed by atoms with E-state index in [1.165, 1.54) is 12.1 Å². The predicted molar refractivity (Wildman–Crippen MR) is 62.4 cm³/mol. The third-order valence-electron chi connectivity index (χ3n) is 1.95. The molecule has 0 saturated heterocycles. The number of aliphatic hydroxyl groups is 1. The third kappa shape index (κ3) is 4.85. The highest BCUT2D eigenvalue weighted by Gasteiger charge is 2.03. The smallest absolute Gasteiger partial charge is 0.165 e. The van der Waals surface area contributed by atoms with Crippen LogP contribution in [0.4, 0.5) is 4.39 Å². The van der Waals surface area contributed by atoms with Gasteiger partial charge in [0.1, 0.15) is 6.61 Å². The third-order valence-corrected chi connectivity index (χ3v) is 1.95. The van der Waals surface area contributed by atoms with Crippen LogP contribution in [-0.4, -0.2) is 32.0 Å². The average molecular weight is 238 g/mol. The van der Waals surface area contributed by atoms with Gasteiger partial charge in [-0.15, -0.1) is 0 Å². The van der Waals surface area contributed by atoms with Crippen LogP contribution >= 0.6 is 0 Å². The van der Waals surface area contributed by atoms with E-state index in [1.807, 2.05) is 0 Å². The molecule has 17 heavy (non-hydrogen) atoms. The summed E-state index contributed by atoms with van der Waals surface area (Å²) in [6.45, 7) is 0.714. The number of benzene rings is 1. The van der Waals surface area contributed by atoms with Crippen LogP contribution < -0.4 is 4.74 Å². The lowest BCUT2D eigenvalue weighted by Crippen LogP contribution is -2.05. The summed E-state index contributed by atoms with van der Waals surface area (Å²) in [6.07, 6.45) is 0.400. The Hall–Kier alpha value is -1.57. The Morgan fingerprint density at radius 2 is 2.18 bits per heavy atom. The second-order valence-corrected chi connectivity index (χ2v) is 3.26. The molecule has 1 aromatic carbocycles. The van der Waals surface area contributed by atoms with Gasteiger partial charge in [0.05, 0.1) is 13.2 Å². The summed E-state index contributed by atoms with van der Waals surface area (Å²) in [5.74, 6) is 5.32. The summed E-state index contributed by atoms with van der Waals surface area (Å²) in [6, 6.07) is 4.42. The Balaban J connectivity index is 2.69. The molecule has 0 fully saturated rings. The van der Waals surface area contributed by atoms with Crippen LogP contribution in [0.3, 0.4) is 0 Å². The molecule has 0 radical (unpaired) electrons. The van der Waals surface area contributed by atoms with Gasteiger partial charge in [-0.3, -0.25) is 0 Å². The quantitative estimate of drug-likeness (QED) is 0.625. The van der Waals surface area contributed by atoms with E-state index < -0.39 is 5.82 Å². The van der Waals surface area contributed by atoms with Gasteiger partial charge in [0, 0.05) is 19.1 Å². The molecule has 0 unspecified atom stereocenters. The van der Waals surface area contributed by atoms with E-state index in [-0.39, 0.29) is 12.4 Å². The molecule has 1 aromatic rings. The lowest BCUT2D eigenvalue weighted by molar-refractivity contribution is 0.144. The van der Waals surface area contributed by atoms with Gasteiger partial charge < -0.3 is 14.6 Å². The molecule has 0 saturated carbocycles. The van der Waals surface area contributed by atoms with Crippen molar-refractivity contribution in [3.05, 3.63) is 29.6 Å². The normalized spacial score (nSPS) is 9.59. The van der Waals surface area contributed by atoms with Crippen LogP contribution in [0.1, 0.15) is 12.0 Å². The van der Waals surface area contributed by atoms with Gasteiger partial charge >= 0.3 is 0 Å². The summed E-state index contributed by atoms with van der Waals surface area (Å²) < 4.78 is 23.3. The molecular formula is C13H15FO3. The highest BCUT2D eigenvalue weighted by molar-refractivity contribution is 5.40. The summed E-state index contributed by atoms with van der Waals surface area (Å²) in [5.41, 5.74) is 0.660. The zero-order valence-corrected chi connectivity index (χ0v) is 9.70. The van der Waals surface area contributed by atoms with Crippen molar-refractivity contribution in [3.63, 3.8) is 0 Å². The summed E-state index contributed by atoms with van der Waals surface area (Å²) in [7, 11) is 1.55. The molecule has 0 aliphatic carbocycles. The molecule has 3 nitrogen and oxygen atoms in total. The van der Waals surface area contributed by atoms with Gasteiger partial charge in [-0.1, -0.05) is 11.8 Å². The first kappa shape index (κ1) is 13.5. The van der Waals surface area contributed by atoms with Crippen LogP contribution in [0.25, 0.3) is 0 Å². The average Bonchev–Trinajstić information content (AvgIpc) is 2.33. The van der Waals surface area contributed by atoms with Gasteiger partial charge in [-0.2, -0.15) is 0 Å². The fraction of sp³-hybridized carbons (Fsp3) is 0.385. The molecule has 0 spiro atoms. The van der Waals surface area contributed by atoms with E-state index in [0.29, 0.717) is 25.2 Å². The molecule has 0 aliphatic heterocycles. The highest BCUT2D eigenvalue weighted by atomic mass is 19.1. The first-order valence-electron chi connectivity index (χ1n) is 5.29. The predicted octanol–water partition coefficient (Wildman–Crippen LogP) is 1.58. The Bertz CT molecular complexity index is 407. The first-order valence-corrected chi connectivity index (χ1v) is 5.29. The van der Waals surface area contributed by atoms with Gasteiger partial charge in [0.2, 0.25) is 0 Å². The Kier molecular flexibility index (Phi) is 6.08. The molecular weight excluding hydrogens is 223 g/mol. The maximum atomic E-state index is 13.3. The monoisotopic (exact) mass is 238 g/mol. The van der Waals surface area contributed by atoms with Gasteiger partial charge in [-0.25, -0.2) is 4.39 Å². The second kappa shape index (κ2) is 7.66. The van der Waals surface area contributed by atoms with Crippen LogP contribution in [0.2, 0.25) is 0 Å². The van der Waals surface area contributed by atoms with Crippen molar-refractivity contribution in [2.24, 2.45) is 0 Å². The fourth-order valence-corrected chi connectivity index (χ4v) is 1.15. The molecule has 1 N–H and O–H groups in total. The van der Waals surface area contributed by atoms with Crippen LogP contribution in [0, 0.1) is 17.7 Å². The zero-order chi connectivity index (χ0) is 12.5. The molecule has 0 heterocycles. The standard InChI is InChI=1S/C13H15FO3/c1-16-8-9-17-13-10-11(4-2-3-7-15)5-6-12(13)14/h5-6,10,15H,3,7-9H2,1H3. The summed E-state index contributed by atoms with van der Waals surface area (Å²) in [4.78, 5) is 0. The van der Waals surface area contributed by atoms with Crippen molar-refractivity contribution >= 4 is 0 Å². The number of aliphatic hydroxyl groups excluding tert-OH is 1. The van der Waals surface area contributed by atoms with E-state index in [4.69, 9.17) is 14.6 Å². The Morgan fingerprint density at radius 3 is 2.88 bits per heavy atom. The lowest BCUT2D eigenvalue weighted by atomic mass is 10.2. The minimum atomic E-state index is -0.422. The Labute approximate surface area is 100 Å². The molecule has 0 aromatic heterocycles. The number of rotatable bonds is 5. The minimum absolute atomic E-state index is 0.0192. The lowest BCUT2D eigenvalue weighted by Gasteiger charge is -2.06. The first-order chi connectivity index (χ1) is 8.27. The van der Waals surface area contributed by atoms with E-state index in [2.05, 4.69) is 11.8 Å². The number of ether oxygens (including phenoxy) is 2. The maximum absolute atomic E-state index is 13.3. The van der Waals surface area contributed by atoms with Crippen molar-refractivity contribution in [3.8, 4) is 17.6 Å². The number of hydrogen-bond donors (Lipinski definition) is 1. The van der Waals surface area contributed by atoms with Crippen LogP contribution in [0.15, 0.2) is 18.2 Å². The summed E-state index contributed by atoms with van der Waals surface area (Å²) >= 11 is 0. The minimum Gasteiger partial charge on any atom is -0.488 e. The maximum Gasteiger partial charge on any atom is 0.165 e. The van der Waals surface area contributed by atoms with Crippen molar-refractivity contribution in [2.45, 2.75) is 6.42 Å². The van der Waals surface area contributed by atoms with E-state index in [0.717, 1.165) is 0 Å². The van der Waals surface area contributed by atoms with E-state index in [9.17, 15) is 4.39 Å². The van der Waals surface area contributed by atoms with E-state index in [1.54, 1.807) is 13.2 Å².